The van der Waals surface area contributed by atoms with Crippen molar-refractivity contribution in [3.8, 4) is 11.3 Å². The van der Waals surface area contributed by atoms with Crippen LogP contribution in [0, 0.1) is 11.7 Å². The highest BCUT2D eigenvalue weighted by Gasteiger charge is 2.23. The van der Waals surface area contributed by atoms with Crippen LogP contribution in [0.1, 0.15) is 44.9 Å². The van der Waals surface area contributed by atoms with Gasteiger partial charge in [0.1, 0.15) is 5.82 Å². The monoisotopic (exact) mass is 431 g/mol. The van der Waals surface area contributed by atoms with E-state index in [1.165, 1.54) is 18.3 Å². The number of amides is 3. The average Bonchev–Trinajstić information content (AvgIpc) is 3.22. The maximum Gasteiger partial charge on any atom is 0.321 e. The maximum absolute atomic E-state index is 13.0. The summed E-state index contributed by atoms with van der Waals surface area (Å²) in [6, 6.07) is 5.23. The Morgan fingerprint density at radius 2 is 1.94 bits per heavy atom. The van der Waals surface area contributed by atoms with E-state index in [1.807, 2.05) is 0 Å². The molecule has 166 valence electrons. The molecule has 2 atom stereocenters. The van der Waals surface area contributed by atoms with Crippen LogP contribution in [0.3, 0.4) is 0 Å². The fourth-order valence-corrected chi connectivity index (χ4v) is 3.50. The number of carbonyl (C=O) groups excluding carboxylic acids is 3. The van der Waals surface area contributed by atoms with Gasteiger partial charge in [0.15, 0.2) is 18.3 Å². The number of carbonyl (C=O) groups is 3. The third-order valence-electron chi connectivity index (χ3n) is 5.27. The summed E-state index contributed by atoms with van der Waals surface area (Å²) in [7, 11) is 0. The van der Waals surface area contributed by atoms with Gasteiger partial charge in [-0.1, -0.05) is 19.8 Å². The average molecular weight is 431 g/mol. The number of esters is 1. The quantitative estimate of drug-likeness (QED) is 0.651. The molecule has 0 spiro atoms. The minimum atomic E-state index is -0.691. The molecule has 0 radical (unpaired) electrons. The van der Waals surface area contributed by atoms with Crippen LogP contribution in [-0.4, -0.2) is 35.5 Å². The Balaban J connectivity index is 1.35. The molecule has 1 heterocycles. The molecular weight excluding hydrogens is 405 g/mol. The first-order valence-corrected chi connectivity index (χ1v) is 10.4. The van der Waals surface area contributed by atoms with E-state index >= 15 is 0 Å². The van der Waals surface area contributed by atoms with Crippen LogP contribution in [0.4, 0.5) is 9.18 Å². The van der Waals surface area contributed by atoms with Crippen LogP contribution in [0.5, 0.6) is 0 Å². The molecule has 1 aromatic carbocycles. The van der Waals surface area contributed by atoms with Gasteiger partial charge in [0.25, 0.3) is 5.91 Å². The number of halogens is 1. The number of rotatable bonds is 7. The third-order valence-corrected chi connectivity index (χ3v) is 5.27. The van der Waals surface area contributed by atoms with Gasteiger partial charge >= 0.3 is 12.0 Å². The van der Waals surface area contributed by atoms with Crippen molar-refractivity contribution in [2.24, 2.45) is 5.92 Å². The van der Waals surface area contributed by atoms with Gasteiger partial charge in [-0.05, 0) is 43.0 Å². The number of benzene rings is 1. The van der Waals surface area contributed by atoms with E-state index < -0.39 is 24.5 Å². The van der Waals surface area contributed by atoms with Crippen LogP contribution in [0.15, 0.2) is 34.9 Å². The number of aromatic nitrogens is 1. The smallest absolute Gasteiger partial charge is 0.321 e. The second-order valence-electron chi connectivity index (χ2n) is 7.68. The molecule has 1 aliphatic rings. The van der Waals surface area contributed by atoms with Gasteiger partial charge in [0.05, 0.1) is 12.6 Å². The lowest BCUT2D eigenvalue weighted by Crippen LogP contribution is -2.48. The summed E-state index contributed by atoms with van der Waals surface area (Å²) in [6.07, 6.45) is 5.78. The zero-order chi connectivity index (χ0) is 22.2. The van der Waals surface area contributed by atoms with Crippen molar-refractivity contribution in [2.45, 2.75) is 51.5 Å². The summed E-state index contributed by atoms with van der Waals surface area (Å²) in [5.41, 5.74) is 0.667. The normalized spacial score (nSPS) is 18.3. The minimum Gasteiger partial charge on any atom is -0.456 e. The fraction of sp³-hybridized carbons (Fsp3) is 0.455. The molecule has 3 amide bonds. The Hall–Kier alpha value is -3.23. The number of nitrogens with one attached hydrogen (secondary N) is 2. The highest BCUT2D eigenvalue weighted by molar-refractivity contribution is 5.95. The van der Waals surface area contributed by atoms with Crippen LogP contribution in [0.25, 0.3) is 11.3 Å². The van der Waals surface area contributed by atoms with E-state index in [1.54, 1.807) is 12.1 Å². The molecular formula is C22H26FN3O5. The highest BCUT2D eigenvalue weighted by Crippen LogP contribution is 2.23. The van der Waals surface area contributed by atoms with Gasteiger partial charge in [0, 0.05) is 18.0 Å². The molecule has 1 saturated carbocycles. The molecule has 31 heavy (non-hydrogen) atoms. The van der Waals surface area contributed by atoms with E-state index in [9.17, 15) is 18.8 Å². The number of oxazole rings is 1. The summed E-state index contributed by atoms with van der Waals surface area (Å²) in [5, 5.41) is 4.98. The Morgan fingerprint density at radius 3 is 2.68 bits per heavy atom. The van der Waals surface area contributed by atoms with Gasteiger partial charge in [-0.3, -0.25) is 14.9 Å². The van der Waals surface area contributed by atoms with Gasteiger partial charge in [-0.15, -0.1) is 0 Å². The third kappa shape index (κ3) is 6.91. The fourth-order valence-electron chi connectivity index (χ4n) is 3.50. The predicted molar refractivity (Wildman–Crippen MR) is 109 cm³/mol. The molecule has 0 bridgehead atoms. The van der Waals surface area contributed by atoms with Crippen LogP contribution in [0.2, 0.25) is 0 Å². The Kier molecular flexibility index (Phi) is 7.75. The molecule has 2 aromatic rings. The van der Waals surface area contributed by atoms with Gasteiger partial charge < -0.3 is 14.5 Å². The number of aryl methyl sites for hydroxylation is 1. The second-order valence-corrected chi connectivity index (χ2v) is 7.68. The van der Waals surface area contributed by atoms with Crippen molar-refractivity contribution in [3.63, 3.8) is 0 Å². The lowest BCUT2D eigenvalue weighted by molar-refractivity contribution is -0.148. The second kappa shape index (κ2) is 10.7. The molecule has 9 heteroatoms. The molecule has 2 unspecified atom stereocenters. The van der Waals surface area contributed by atoms with Crippen molar-refractivity contribution in [1.29, 1.82) is 0 Å². The van der Waals surface area contributed by atoms with E-state index in [0.717, 1.165) is 25.7 Å². The molecule has 1 aromatic heterocycles. The van der Waals surface area contributed by atoms with E-state index in [2.05, 4.69) is 22.5 Å². The number of hydrogen-bond donors (Lipinski definition) is 2. The largest absolute Gasteiger partial charge is 0.456 e. The number of nitrogens with zero attached hydrogens (tertiary/aromatic N) is 1. The molecule has 1 fully saturated rings. The topological polar surface area (TPSA) is 111 Å². The molecule has 1 aliphatic carbocycles. The lowest BCUT2D eigenvalue weighted by Gasteiger charge is -2.29. The predicted octanol–water partition coefficient (Wildman–Crippen LogP) is 3.36. The van der Waals surface area contributed by atoms with Gasteiger partial charge in [0.2, 0.25) is 0 Å². The first-order valence-electron chi connectivity index (χ1n) is 10.4. The van der Waals surface area contributed by atoms with Crippen LogP contribution in [-0.2, 0) is 20.7 Å². The minimum absolute atomic E-state index is 0.0392. The van der Waals surface area contributed by atoms with E-state index in [4.69, 9.17) is 9.15 Å². The van der Waals surface area contributed by atoms with Crippen molar-refractivity contribution in [2.75, 3.05) is 6.61 Å². The maximum atomic E-state index is 13.0. The number of urea groups is 1. The van der Waals surface area contributed by atoms with Crippen molar-refractivity contribution >= 4 is 17.9 Å². The first kappa shape index (κ1) is 22.5. The van der Waals surface area contributed by atoms with Gasteiger partial charge in [-0.25, -0.2) is 14.2 Å². The summed E-state index contributed by atoms with van der Waals surface area (Å²) < 4.78 is 23.4. The lowest BCUT2D eigenvalue weighted by atomic mass is 9.86. The summed E-state index contributed by atoms with van der Waals surface area (Å²) >= 11 is 0. The van der Waals surface area contributed by atoms with Crippen molar-refractivity contribution < 1.29 is 27.9 Å². The molecule has 0 saturated heterocycles. The van der Waals surface area contributed by atoms with Crippen molar-refractivity contribution in [3.05, 3.63) is 42.2 Å². The number of imide groups is 1. The molecule has 0 aliphatic heterocycles. The SMILES string of the molecule is CC1CCCCC1NC(=O)NC(=O)COC(=O)CCc1ncc(-c2ccc(F)cc2)o1. The van der Waals surface area contributed by atoms with Crippen LogP contribution < -0.4 is 10.6 Å². The standard InChI is InChI=1S/C22H26FN3O5/c1-14-4-2-3-5-17(14)25-22(29)26-19(27)13-30-21(28)11-10-20-24-12-18(31-20)15-6-8-16(23)9-7-15/h6-9,12,14,17H,2-5,10-11,13H2,1H3,(H2,25,26,27,29). The van der Waals surface area contributed by atoms with Crippen LogP contribution >= 0.6 is 0 Å². The Morgan fingerprint density at radius 1 is 1.19 bits per heavy atom. The summed E-state index contributed by atoms with van der Waals surface area (Å²) in [4.78, 5) is 39.7. The highest BCUT2D eigenvalue weighted by atomic mass is 19.1. The van der Waals surface area contributed by atoms with E-state index in [0.29, 0.717) is 23.1 Å². The zero-order valence-electron chi connectivity index (χ0n) is 17.4. The molecule has 3 rings (SSSR count). The van der Waals surface area contributed by atoms with E-state index in [-0.39, 0.29) is 24.7 Å². The summed E-state index contributed by atoms with van der Waals surface area (Å²) in [5.74, 6) is -0.507. The zero-order valence-corrected chi connectivity index (χ0v) is 17.4. The number of hydrogen-bond acceptors (Lipinski definition) is 6. The Labute approximate surface area is 179 Å². The van der Waals surface area contributed by atoms with Crippen molar-refractivity contribution in [1.82, 2.24) is 15.6 Å². The number of ether oxygens (including phenoxy) is 1. The van der Waals surface area contributed by atoms with Gasteiger partial charge in [-0.2, -0.15) is 0 Å². The summed E-state index contributed by atoms with van der Waals surface area (Å²) in [6.45, 7) is 1.53. The molecule has 8 nitrogen and oxygen atoms in total. The first-order chi connectivity index (χ1) is 14.9. The Bertz CT molecular complexity index is 912. The molecule has 2 N–H and O–H groups in total.